The van der Waals surface area contributed by atoms with Gasteiger partial charge >= 0.3 is 0 Å². The normalized spacial score (nSPS) is 11.9. The van der Waals surface area contributed by atoms with Crippen molar-refractivity contribution in [2.45, 2.75) is 19.8 Å². The molecule has 0 radical (unpaired) electrons. The second kappa shape index (κ2) is 6.02. The predicted molar refractivity (Wildman–Crippen MR) is 82.4 cm³/mol. The Kier molecular flexibility index (Phi) is 4.38. The molecule has 98 valence electrons. The van der Waals surface area contributed by atoms with Crippen LogP contribution in [0.2, 0.25) is 0 Å². The third-order valence-corrected chi connectivity index (χ3v) is 3.63. The van der Waals surface area contributed by atoms with E-state index in [4.69, 9.17) is 0 Å². The summed E-state index contributed by atoms with van der Waals surface area (Å²) in [5, 5.41) is 2.98. The first kappa shape index (κ1) is 13.8. The van der Waals surface area contributed by atoms with E-state index in [0.717, 1.165) is 21.3 Å². The Balaban J connectivity index is 2.13. The summed E-state index contributed by atoms with van der Waals surface area (Å²) in [6, 6.07) is 15.6. The van der Waals surface area contributed by atoms with Crippen molar-refractivity contribution >= 4 is 27.5 Å². The van der Waals surface area contributed by atoms with Crippen LogP contribution in [0, 0.1) is 6.92 Å². The zero-order chi connectivity index (χ0) is 13.8. The third kappa shape index (κ3) is 3.44. The molecule has 1 N–H and O–H groups in total. The Hall–Kier alpha value is -1.61. The molecule has 0 bridgehead atoms. The molecule has 1 atom stereocenters. The van der Waals surface area contributed by atoms with Gasteiger partial charge in [0.1, 0.15) is 0 Å². The van der Waals surface area contributed by atoms with Gasteiger partial charge in [-0.2, -0.15) is 0 Å². The molecule has 0 aliphatic carbocycles. The summed E-state index contributed by atoms with van der Waals surface area (Å²) in [7, 11) is 0. The van der Waals surface area contributed by atoms with Crippen LogP contribution in [-0.2, 0) is 4.79 Å². The van der Waals surface area contributed by atoms with E-state index in [1.165, 1.54) is 0 Å². The minimum atomic E-state index is -0.163. The van der Waals surface area contributed by atoms with Gasteiger partial charge in [-0.05, 0) is 43.2 Å². The van der Waals surface area contributed by atoms with Gasteiger partial charge in [0.25, 0.3) is 0 Å². The topological polar surface area (TPSA) is 29.1 Å². The van der Waals surface area contributed by atoms with Crippen molar-refractivity contribution in [2.24, 2.45) is 0 Å². The molecule has 19 heavy (non-hydrogen) atoms. The fraction of sp³-hybridized carbons (Fsp3) is 0.188. The van der Waals surface area contributed by atoms with E-state index in [0.29, 0.717) is 0 Å². The average molecular weight is 318 g/mol. The standard InChI is InChI=1S/C16H16BrNO/c1-11-10-14(17)8-9-15(11)18-16(19)12(2)13-6-4-3-5-7-13/h3-10,12H,1-2H3,(H,18,19)/t12-/m0/s1. The van der Waals surface area contributed by atoms with E-state index in [1.54, 1.807) is 0 Å². The van der Waals surface area contributed by atoms with Crippen LogP contribution in [0.3, 0.4) is 0 Å². The first-order valence-electron chi connectivity index (χ1n) is 6.20. The molecule has 0 aliphatic heterocycles. The number of rotatable bonds is 3. The zero-order valence-electron chi connectivity index (χ0n) is 11.0. The Morgan fingerprint density at radius 3 is 2.47 bits per heavy atom. The number of nitrogens with one attached hydrogen (secondary N) is 1. The van der Waals surface area contributed by atoms with E-state index in [9.17, 15) is 4.79 Å². The monoisotopic (exact) mass is 317 g/mol. The molecule has 0 fully saturated rings. The van der Waals surface area contributed by atoms with E-state index in [-0.39, 0.29) is 11.8 Å². The fourth-order valence-electron chi connectivity index (χ4n) is 1.90. The van der Waals surface area contributed by atoms with Crippen LogP contribution in [-0.4, -0.2) is 5.91 Å². The molecular formula is C16H16BrNO. The summed E-state index contributed by atoms with van der Waals surface area (Å²) in [5.41, 5.74) is 2.92. The molecule has 3 heteroatoms. The number of aryl methyl sites for hydroxylation is 1. The van der Waals surface area contributed by atoms with E-state index >= 15 is 0 Å². The van der Waals surface area contributed by atoms with Crippen LogP contribution < -0.4 is 5.32 Å². The molecule has 2 rings (SSSR count). The van der Waals surface area contributed by atoms with Crippen molar-refractivity contribution in [1.82, 2.24) is 0 Å². The fourth-order valence-corrected chi connectivity index (χ4v) is 2.38. The molecule has 0 unspecified atom stereocenters. The van der Waals surface area contributed by atoms with Crippen molar-refractivity contribution in [3.8, 4) is 0 Å². The lowest BCUT2D eigenvalue weighted by atomic mass is 10.0. The van der Waals surface area contributed by atoms with Gasteiger partial charge < -0.3 is 5.32 Å². The summed E-state index contributed by atoms with van der Waals surface area (Å²) in [6.07, 6.45) is 0. The molecule has 0 aliphatic rings. The van der Waals surface area contributed by atoms with E-state index < -0.39 is 0 Å². The number of hydrogen-bond donors (Lipinski definition) is 1. The van der Waals surface area contributed by atoms with Crippen LogP contribution in [0.15, 0.2) is 53.0 Å². The maximum absolute atomic E-state index is 12.2. The van der Waals surface area contributed by atoms with Crippen molar-refractivity contribution in [3.05, 3.63) is 64.1 Å². The molecule has 0 saturated carbocycles. The number of carbonyl (C=O) groups is 1. The van der Waals surface area contributed by atoms with Gasteiger partial charge in [0, 0.05) is 10.2 Å². The van der Waals surface area contributed by atoms with Crippen LogP contribution in [0.1, 0.15) is 24.0 Å². The molecule has 1 amide bonds. The Morgan fingerprint density at radius 2 is 1.84 bits per heavy atom. The van der Waals surface area contributed by atoms with Crippen molar-refractivity contribution < 1.29 is 4.79 Å². The smallest absolute Gasteiger partial charge is 0.231 e. The van der Waals surface area contributed by atoms with Gasteiger partial charge in [-0.1, -0.05) is 46.3 Å². The van der Waals surface area contributed by atoms with Gasteiger partial charge in [0.15, 0.2) is 0 Å². The maximum atomic E-state index is 12.2. The summed E-state index contributed by atoms with van der Waals surface area (Å²) >= 11 is 3.42. The Morgan fingerprint density at radius 1 is 1.16 bits per heavy atom. The average Bonchev–Trinajstić information content (AvgIpc) is 2.42. The van der Waals surface area contributed by atoms with Crippen LogP contribution >= 0.6 is 15.9 Å². The summed E-state index contributed by atoms with van der Waals surface area (Å²) in [6.45, 7) is 3.90. The predicted octanol–water partition coefficient (Wildman–Crippen LogP) is 4.50. The van der Waals surface area contributed by atoms with Crippen LogP contribution in [0.5, 0.6) is 0 Å². The van der Waals surface area contributed by atoms with E-state index in [1.807, 2.05) is 62.4 Å². The van der Waals surface area contributed by atoms with Gasteiger partial charge in [0.05, 0.1) is 5.92 Å². The summed E-state index contributed by atoms with van der Waals surface area (Å²) in [5.74, 6) is -0.152. The number of halogens is 1. The van der Waals surface area contributed by atoms with E-state index in [2.05, 4.69) is 21.2 Å². The van der Waals surface area contributed by atoms with Gasteiger partial charge in [-0.15, -0.1) is 0 Å². The maximum Gasteiger partial charge on any atom is 0.231 e. The highest BCUT2D eigenvalue weighted by Crippen LogP contribution is 2.22. The lowest BCUT2D eigenvalue weighted by Gasteiger charge is -2.14. The summed E-state index contributed by atoms with van der Waals surface area (Å²) < 4.78 is 1.01. The molecule has 0 aromatic heterocycles. The van der Waals surface area contributed by atoms with Crippen LogP contribution in [0.4, 0.5) is 5.69 Å². The number of hydrogen-bond acceptors (Lipinski definition) is 1. The Bertz CT molecular complexity index is 581. The largest absolute Gasteiger partial charge is 0.325 e. The molecule has 2 aromatic rings. The molecule has 2 aromatic carbocycles. The lowest BCUT2D eigenvalue weighted by Crippen LogP contribution is -2.19. The SMILES string of the molecule is Cc1cc(Br)ccc1NC(=O)[C@@H](C)c1ccccc1. The first-order chi connectivity index (χ1) is 9.08. The first-order valence-corrected chi connectivity index (χ1v) is 6.99. The van der Waals surface area contributed by atoms with Crippen molar-refractivity contribution in [1.29, 1.82) is 0 Å². The highest BCUT2D eigenvalue weighted by atomic mass is 79.9. The number of amides is 1. The minimum absolute atomic E-state index is 0.0108. The lowest BCUT2D eigenvalue weighted by molar-refractivity contribution is -0.117. The molecule has 0 spiro atoms. The highest BCUT2D eigenvalue weighted by molar-refractivity contribution is 9.10. The van der Waals surface area contributed by atoms with Gasteiger partial charge in [0.2, 0.25) is 5.91 Å². The minimum Gasteiger partial charge on any atom is -0.325 e. The number of benzene rings is 2. The third-order valence-electron chi connectivity index (χ3n) is 3.14. The molecule has 2 nitrogen and oxygen atoms in total. The summed E-state index contributed by atoms with van der Waals surface area (Å²) in [4.78, 5) is 12.2. The zero-order valence-corrected chi connectivity index (χ0v) is 12.6. The van der Waals surface area contributed by atoms with Gasteiger partial charge in [-0.3, -0.25) is 4.79 Å². The second-order valence-electron chi connectivity index (χ2n) is 4.58. The Labute approximate surface area is 122 Å². The number of anilines is 1. The van der Waals surface area contributed by atoms with Gasteiger partial charge in [-0.25, -0.2) is 0 Å². The molecule has 0 saturated heterocycles. The highest BCUT2D eigenvalue weighted by Gasteiger charge is 2.15. The number of carbonyl (C=O) groups excluding carboxylic acids is 1. The quantitative estimate of drug-likeness (QED) is 0.887. The van der Waals surface area contributed by atoms with Crippen molar-refractivity contribution in [2.75, 3.05) is 5.32 Å². The molecular weight excluding hydrogens is 302 g/mol. The van der Waals surface area contributed by atoms with Crippen molar-refractivity contribution in [3.63, 3.8) is 0 Å². The second-order valence-corrected chi connectivity index (χ2v) is 5.50. The molecule has 0 heterocycles. The van der Waals surface area contributed by atoms with Crippen LogP contribution in [0.25, 0.3) is 0 Å².